The van der Waals surface area contributed by atoms with Gasteiger partial charge in [0.05, 0.1) is 20.4 Å². The van der Waals surface area contributed by atoms with Crippen molar-refractivity contribution in [2.24, 2.45) is 5.10 Å². The van der Waals surface area contributed by atoms with E-state index in [9.17, 15) is 4.79 Å². The lowest BCUT2D eigenvalue weighted by molar-refractivity contribution is 0.354. The Morgan fingerprint density at radius 3 is 2.76 bits per heavy atom. The third-order valence-electron chi connectivity index (χ3n) is 2.67. The number of aromatic nitrogens is 3. The fraction of sp³-hybridized carbons (Fsp3) is 0.231. The van der Waals surface area contributed by atoms with Crippen LogP contribution < -0.4 is 20.5 Å². The van der Waals surface area contributed by atoms with Gasteiger partial charge in [0.2, 0.25) is 5.95 Å². The summed E-state index contributed by atoms with van der Waals surface area (Å²) in [7, 11) is 3.11. The molecule has 8 nitrogen and oxygen atoms in total. The van der Waals surface area contributed by atoms with Crippen molar-refractivity contribution < 1.29 is 9.47 Å². The quantitative estimate of drug-likeness (QED) is 0.627. The largest absolute Gasteiger partial charge is 0.493 e. The monoisotopic (exact) mass is 289 g/mol. The Kier molecular flexibility index (Phi) is 4.50. The average molecular weight is 289 g/mol. The van der Waals surface area contributed by atoms with E-state index in [1.165, 1.54) is 6.21 Å². The SMILES string of the molecule is COc1cccc(/C=N\Nc2nnc(C)c(=O)[nH]2)c1OC. The maximum Gasteiger partial charge on any atom is 0.274 e. The minimum atomic E-state index is -0.318. The first-order valence-electron chi connectivity index (χ1n) is 6.09. The molecule has 0 aliphatic carbocycles. The average Bonchev–Trinajstić information content (AvgIpc) is 2.50. The number of benzene rings is 1. The van der Waals surface area contributed by atoms with Gasteiger partial charge in [0.15, 0.2) is 11.5 Å². The van der Waals surface area contributed by atoms with Gasteiger partial charge in [-0.2, -0.15) is 5.10 Å². The molecule has 0 fully saturated rings. The van der Waals surface area contributed by atoms with Gasteiger partial charge in [-0.25, -0.2) is 5.43 Å². The summed E-state index contributed by atoms with van der Waals surface area (Å²) in [6.07, 6.45) is 1.53. The van der Waals surface area contributed by atoms with Gasteiger partial charge in [0.1, 0.15) is 5.69 Å². The van der Waals surface area contributed by atoms with E-state index >= 15 is 0 Å². The zero-order valence-corrected chi connectivity index (χ0v) is 11.9. The number of anilines is 1. The molecule has 8 heteroatoms. The molecule has 21 heavy (non-hydrogen) atoms. The fourth-order valence-corrected chi connectivity index (χ4v) is 1.62. The normalized spacial score (nSPS) is 10.6. The molecule has 1 aromatic heterocycles. The van der Waals surface area contributed by atoms with Crippen molar-refractivity contribution in [1.29, 1.82) is 0 Å². The van der Waals surface area contributed by atoms with E-state index in [2.05, 4.69) is 25.7 Å². The summed E-state index contributed by atoms with van der Waals surface area (Å²) in [4.78, 5) is 13.9. The lowest BCUT2D eigenvalue weighted by Gasteiger charge is -2.09. The summed E-state index contributed by atoms with van der Waals surface area (Å²) in [6.45, 7) is 1.57. The smallest absolute Gasteiger partial charge is 0.274 e. The van der Waals surface area contributed by atoms with Crippen LogP contribution in [0.4, 0.5) is 5.95 Å². The van der Waals surface area contributed by atoms with Crippen LogP contribution in [0.2, 0.25) is 0 Å². The van der Waals surface area contributed by atoms with Crippen LogP contribution in [0, 0.1) is 6.92 Å². The summed E-state index contributed by atoms with van der Waals surface area (Å²) in [5, 5.41) is 11.4. The number of hydrazone groups is 1. The zero-order valence-electron chi connectivity index (χ0n) is 11.9. The van der Waals surface area contributed by atoms with Gasteiger partial charge in [-0.3, -0.25) is 9.78 Å². The number of nitrogens with one attached hydrogen (secondary N) is 2. The third-order valence-corrected chi connectivity index (χ3v) is 2.67. The second-order valence-corrected chi connectivity index (χ2v) is 4.04. The minimum Gasteiger partial charge on any atom is -0.493 e. The molecule has 2 aromatic rings. The maximum absolute atomic E-state index is 11.4. The fourth-order valence-electron chi connectivity index (χ4n) is 1.62. The van der Waals surface area contributed by atoms with Gasteiger partial charge >= 0.3 is 0 Å². The van der Waals surface area contributed by atoms with E-state index in [1.54, 1.807) is 27.2 Å². The Labute approximate surface area is 120 Å². The molecule has 0 radical (unpaired) electrons. The molecular weight excluding hydrogens is 274 g/mol. The van der Waals surface area contributed by atoms with Crippen molar-refractivity contribution in [3.05, 3.63) is 39.8 Å². The van der Waals surface area contributed by atoms with Crippen molar-refractivity contribution in [1.82, 2.24) is 15.2 Å². The first-order valence-corrected chi connectivity index (χ1v) is 6.09. The summed E-state index contributed by atoms with van der Waals surface area (Å²) in [6, 6.07) is 5.42. The van der Waals surface area contributed by atoms with Crippen LogP contribution in [0.3, 0.4) is 0 Å². The summed E-state index contributed by atoms with van der Waals surface area (Å²) < 4.78 is 10.5. The zero-order chi connectivity index (χ0) is 15.2. The van der Waals surface area contributed by atoms with Crippen molar-refractivity contribution in [2.75, 3.05) is 19.6 Å². The second-order valence-electron chi connectivity index (χ2n) is 4.04. The molecule has 0 aliphatic rings. The Bertz CT molecular complexity index is 711. The first-order chi connectivity index (χ1) is 10.2. The Morgan fingerprint density at radius 1 is 1.29 bits per heavy atom. The van der Waals surface area contributed by atoms with Crippen LogP contribution in [0.1, 0.15) is 11.3 Å². The number of para-hydroxylation sites is 1. The van der Waals surface area contributed by atoms with Crippen LogP contribution in [-0.4, -0.2) is 35.6 Å². The Hall–Kier alpha value is -2.90. The van der Waals surface area contributed by atoms with Gasteiger partial charge in [-0.1, -0.05) is 6.07 Å². The van der Waals surface area contributed by atoms with Crippen molar-refractivity contribution in [2.45, 2.75) is 6.92 Å². The molecule has 1 aromatic carbocycles. The number of rotatable bonds is 5. The Morgan fingerprint density at radius 2 is 2.10 bits per heavy atom. The van der Waals surface area contributed by atoms with Crippen molar-refractivity contribution >= 4 is 12.2 Å². The van der Waals surface area contributed by atoms with Crippen LogP contribution in [-0.2, 0) is 0 Å². The van der Waals surface area contributed by atoms with Gasteiger partial charge in [0.25, 0.3) is 5.56 Å². The Balaban J connectivity index is 2.18. The topological polar surface area (TPSA) is 101 Å². The predicted molar refractivity (Wildman–Crippen MR) is 78.2 cm³/mol. The molecule has 0 aliphatic heterocycles. The van der Waals surface area contributed by atoms with Gasteiger partial charge in [-0.15, -0.1) is 10.2 Å². The molecule has 2 N–H and O–H groups in total. The van der Waals surface area contributed by atoms with Crippen molar-refractivity contribution in [3.8, 4) is 11.5 Å². The molecule has 0 bridgehead atoms. The number of hydrogen-bond donors (Lipinski definition) is 2. The van der Waals surface area contributed by atoms with Crippen LogP contribution in [0.25, 0.3) is 0 Å². The molecular formula is C13H15N5O3. The molecule has 1 heterocycles. The highest BCUT2D eigenvalue weighted by Gasteiger charge is 2.07. The summed E-state index contributed by atoms with van der Waals surface area (Å²) >= 11 is 0. The van der Waals surface area contributed by atoms with Crippen molar-refractivity contribution in [3.63, 3.8) is 0 Å². The number of methoxy groups -OCH3 is 2. The number of nitrogens with zero attached hydrogens (tertiary/aromatic N) is 3. The molecule has 0 unspecified atom stereocenters. The number of aromatic amines is 1. The maximum atomic E-state index is 11.4. The van der Waals surface area contributed by atoms with Gasteiger partial charge < -0.3 is 9.47 Å². The van der Waals surface area contributed by atoms with Crippen LogP contribution in [0.5, 0.6) is 11.5 Å². The molecule has 0 amide bonds. The third kappa shape index (κ3) is 3.35. The first kappa shape index (κ1) is 14.5. The molecule has 110 valence electrons. The molecule has 0 spiro atoms. The highest BCUT2D eigenvalue weighted by Crippen LogP contribution is 2.29. The predicted octanol–water partition coefficient (Wildman–Crippen LogP) is 0.937. The number of H-pyrrole nitrogens is 1. The summed E-state index contributed by atoms with van der Waals surface area (Å²) in [5.74, 6) is 1.32. The van der Waals surface area contributed by atoms with Crippen LogP contribution in [0.15, 0.2) is 28.1 Å². The van der Waals surface area contributed by atoms with E-state index in [0.29, 0.717) is 22.8 Å². The number of hydrogen-bond acceptors (Lipinski definition) is 7. The van der Waals surface area contributed by atoms with Gasteiger partial charge in [-0.05, 0) is 19.1 Å². The number of aryl methyl sites for hydroxylation is 1. The lowest BCUT2D eigenvalue weighted by Crippen LogP contribution is -2.15. The van der Waals surface area contributed by atoms with E-state index < -0.39 is 0 Å². The van der Waals surface area contributed by atoms with E-state index in [0.717, 1.165) is 0 Å². The van der Waals surface area contributed by atoms with Crippen LogP contribution >= 0.6 is 0 Å². The molecule has 2 rings (SSSR count). The molecule has 0 atom stereocenters. The highest BCUT2D eigenvalue weighted by molar-refractivity contribution is 5.85. The van der Waals surface area contributed by atoms with E-state index in [1.807, 2.05) is 12.1 Å². The van der Waals surface area contributed by atoms with Gasteiger partial charge in [0, 0.05) is 5.56 Å². The minimum absolute atomic E-state index is 0.156. The molecule has 0 saturated carbocycles. The van der Waals surface area contributed by atoms with E-state index in [4.69, 9.17) is 9.47 Å². The molecule has 0 saturated heterocycles. The standard InChI is InChI=1S/C13H15N5O3/c1-8-12(19)15-13(18-16-8)17-14-7-9-5-4-6-10(20-2)11(9)21-3/h4-7H,1-3H3,(H2,15,17,18,19)/b14-7-. The second kappa shape index (κ2) is 6.51. The highest BCUT2D eigenvalue weighted by atomic mass is 16.5. The summed E-state index contributed by atoms with van der Waals surface area (Å²) in [5.41, 5.74) is 3.28. The number of ether oxygens (including phenoxy) is 2. The van der Waals surface area contributed by atoms with E-state index in [-0.39, 0.29) is 11.5 Å². The lowest BCUT2D eigenvalue weighted by atomic mass is 10.2.